The number of benzene rings is 1. The number of aryl methyl sites for hydroxylation is 1. The minimum atomic E-state index is -0.701. The van der Waals surface area contributed by atoms with E-state index in [2.05, 4.69) is 28.1 Å². The zero-order chi connectivity index (χ0) is 11.0. The van der Waals surface area contributed by atoms with Crippen molar-refractivity contribution in [2.24, 2.45) is 5.92 Å². The fraction of sp³-hybridized carbons (Fsp3) is 0.417. The van der Waals surface area contributed by atoms with Gasteiger partial charge in [-0.25, -0.2) is 0 Å². The molecule has 1 aromatic rings. The molecule has 0 fully saturated rings. The van der Waals surface area contributed by atoms with Gasteiger partial charge in [-0.05, 0) is 42.0 Å². The highest BCUT2D eigenvalue weighted by Crippen LogP contribution is 2.39. The van der Waals surface area contributed by atoms with Gasteiger partial charge in [0.1, 0.15) is 0 Å². The van der Waals surface area contributed by atoms with Gasteiger partial charge >= 0.3 is 5.97 Å². The smallest absolute Gasteiger partial charge is 0.306 e. The first-order chi connectivity index (χ1) is 7.09. The molecule has 2 rings (SSSR count). The van der Waals surface area contributed by atoms with Gasteiger partial charge in [0.15, 0.2) is 0 Å². The van der Waals surface area contributed by atoms with Crippen molar-refractivity contribution in [3.63, 3.8) is 0 Å². The maximum absolute atomic E-state index is 11.0. The number of aliphatic carboxylic acids is 1. The maximum atomic E-state index is 11.0. The fourth-order valence-corrected chi connectivity index (χ4v) is 2.68. The van der Waals surface area contributed by atoms with Crippen molar-refractivity contribution in [2.75, 3.05) is 0 Å². The Kier molecular flexibility index (Phi) is 2.83. The van der Waals surface area contributed by atoms with Crippen molar-refractivity contribution in [1.82, 2.24) is 0 Å². The van der Waals surface area contributed by atoms with Gasteiger partial charge in [-0.15, -0.1) is 0 Å². The lowest BCUT2D eigenvalue weighted by atomic mass is 9.89. The van der Waals surface area contributed by atoms with E-state index in [4.69, 9.17) is 5.11 Å². The molecule has 0 aromatic heterocycles. The second-order valence-corrected chi connectivity index (χ2v) is 5.03. The van der Waals surface area contributed by atoms with Gasteiger partial charge in [0, 0.05) is 4.47 Å². The standard InChI is InChI=1S/C12H13BrO2/c1-7(12(14)15)10-5-3-8-2-4-9(13)6-11(8)10/h2,4,6-7,10H,3,5H2,1H3,(H,14,15)/t7?,10-/m1/s1. The molecule has 0 amide bonds. The Morgan fingerprint density at radius 1 is 1.60 bits per heavy atom. The van der Waals surface area contributed by atoms with Gasteiger partial charge in [-0.1, -0.05) is 28.9 Å². The van der Waals surface area contributed by atoms with Crippen LogP contribution in [0.2, 0.25) is 0 Å². The number of hydrogen-bond donors (Lipinski definition) is 1. The van der Waals surface area contributed by atoms with Crippen LogP contribution in [0, 0.1) is 5.92 Å². The molecule has 0 spiro atoms. The summed E-state index contributed by atoms with van der Waals surface area (Å²) >= 11 is 3.43. The van der Waals surface area contributed by atoms with Crippen molar-refractivity contribution in [3.05, 3.63) is 33.8 Å². The van der Waals surface area contributed by atoms with Crippen molar-refractivity contribution in [3.8, 4) is 0 Å². The molecule has 1 aliphatic rings. The molecule has 1 unspecified atom stereocenters. The van der Waals surface area contributed by atoms with Crippen molar-refractivity contribution in [2.45, 2.75) is 25.7 Å². The summed E-state index contributed by atoms with van der Waals surface area (Å²) in [5.74, 6) is -0.816. The molecule has 1 N–H and O–H groups in total. The summed E-state index contributed by atoms with van der Waals surface area (Å²) < 4.78 is 1.03. The molecular weight excluding hydrogens is 256 g/mol. The fourth-order valence-electron chi connectivity index (χ4n) is 2.30. The summed E-state index contributed by atoms with van der Waals surface area (Å²) in [4.78, 5) is 11.0. The van der Waals surface area contributed by atoms with Crippen LogP contribution in [0.15, 0.2) is 22.7 Å². The number of carboxylic acid groups (broad SMARTS) is 1. The van der Waals surface area contributed by atoms with E-state index >= 15 is 0 Å². The predicted molar refractivity (Wildman–Crippen MR) is 62.0 cm³/mol. The Morgan fingerprint density at radius 3 is 3.00 bits per heavy atom. The summed E-state index contributed by atoms with van der Waals surface area (Å²) in [5, 5.41) is 9.03. The summed E-state index contributed by atoms with van der Waals surface area (Å²) in [5.41, 5.74) is 2.51. The molecule has 0 aliphatic heterocycles. The van der Waals surface area contributed by atoms with Crippen molar-refractivity contribution < 1.29 is 9.90 Å². The first kappa shape index (κ1) is 10.7. The minimum absolute atomic E-state index is 0.176. The Morgan fingerprint density at radius 2 is 2.33 bits per heavy atom. The Bertz CT molecular complexity index is 401. The molecule has 1 aliphatic carbocycles. The maximum Gasteiger partial charge on any atom is 0.306 e. The molecule has 80 valence electrons. The van der Waals surface area contributed by atoms with Crippen LogP contribution in [0.25, 0.3) is 0 Å². The number of hydrogen-bond acceptors (Lipinski definition) is 1. The van der Waals surface area contributed by atoms with E-state index < -0.39 is 5.97 Å². The van der Waals surface area contributed by atoms with Crippen LogP contribution >= 0.6 is 15.9 Å². The average molecular weight is 269 g/mol. The molecule has 0 heterocycles. The minimum Gasteiger partial charge on any atom is -0.481 e. The molecule has 0 bridgehead atoms. The number of carboxylic acids is 1. The Hall–Kier alpha value is -0.830. The van der Waals surface area contributed by atoms with Gasteiger partial charge in [-0.3, -0.25) is 4.79 Å². The van der Waals surface area contributed by atoms with Gasteiger partial charge in [0.05, 0.1) is 5.92 Å². The van der Waals surface area contributed by atoms with E-state index in [9.17, 15) is 4.79 Å². The SMILES string of the molecule is CC(C(=O)O)[C@H]1CCc2ccc(Br)cc21. The summed E-state index contributed by atoms with van der Waals surface area (Å²) in [6.07, 6.45) is 1.96. The van der Waals surface area contributed by atoms with Crippen LogP contribution in [0.4, 0.5) is 0 Å². The Balaban J connectivity index is 2.35. The first-order valence-corrected chi connectivity index (χ1v) is 5.90. The van der Waals surface area contributed by atoms with Crippen molar-refractivity contribution >= 4 is 21.9 Å². The largest absolute Gasteiger partial charge is 0.481 e. The van der Waals surface area contributed by atoms with Gasteiger partial charge in [0.2, 0.25) is 0 Å². The molecule has 1 aromatic carbocycles. The van der Waals surface area contributed by atoms with Crippen LogP contribution in [-0.2, 0) is 11.2 Å². The number of carbonyl (C=O) groups is 1. The number of halogens is 1. The number of rotatable bonds is 2. The third-order valence-electron chi connectivity index (χ3n) is 3.23. The molecule has 3 heteroatoms. The lowest BCUT2D eigenvalue weighted by molar-refractivity contribution is -0.141. The normalized spacial score (nSPS) is 21.1. The molecular formula is C12H13BrO2. The highest BCUT2D eigenvalue weighted by atomic mass is 79.9. The highest BCUT2D eigenvalue weighted by molar-refractivity contribution is 9.10. The topological polar surface area (TPSA) is 37.3 Å². The van der Waals surface area contributed by atoms with E-state index in [0.29, 0.717) is 0 Å². The lowest BCUT2D eigenvalue weighted by Crippen LogP contribution is -2.17. The van der Waals surface area contributed by atoms with E-state index in [1.807, 2.05) is 6.07 Å². The monoisotopic (exact) mass is 268 g/mol. The molecule has 0 saturated heterocycles. The third-order valence-corrected chi connectivity index (χ3v) is 3.72. The zero-order valence-electron chi connectivity index (χ0n) is 8.53. The average Bonchev–Trinajstić information content (AvgIpc) is 2.59. The zero-order valence-corrected chi connectivity index (χ0v) is 10.1. The van der Waals surface area contributed by atoms with Gasteiger partial charge in [0.25, 0.3) is 0 Å². The predicted octanol–water partition coefficient (Wildman–Crippen LogP) is 3.20. The molecule has 15 heavy (non-hydrogen) atoms. The summed E-state index contributed by atoms with van der Waals surface area (Å²) in [6.45, 7) is 1.79. The number of fused-ring (bicyclic) bond motifs is 1. The van der Waals surface area contributed by atoms with E-state index in [1.54, 1.807) is 6.92 Å². The van der Waals surface area contributed by atoms with Crippen LogP contribution in [0.5, 0.6) is 0 Å². The van der Waals surface area contributed by atoms with Crippen molar-refractivity contribution in [1.29, 1.82) is 0 Å². The summed E-state index contributed by atoms with van der Waals surface area (Å²) in [7, 11) is 0. The molecule has 2 nitrogen and oxygen atoms in total. The van der Waals surface area contributed by atoms with Crippen LogP contribution in [-0.4, -0.2) is 11.1 Å². The second-order valence-electron chi connectivity index (χ2n) is 4.12. The van der Waals surface area contributed by atoms with Crippen LogP contribution in [0.3, 0.4) is 0 Å². The van der Waals surface area contributed by atoms with Gasteiger partial charge in [-0.2, -0.15) is 0 Å². The molecule has 2 atom stereocenters. The highest BCUT2D eigenvalue weighted by Gasteiger charge is 2.30. The van der Waals surface area contributed by atoms with Crippen LogP contribution < -0.4 is 0 Å². The molecule has 0 radical (unpaired) electrons. The van der Waals surface area contributed by atoms with E-state index in [1.165, 1.54) is 11.1 Å². The summed E-state index contributed by atoms with van der Waals surface area (Å²) in [6, 6.07) is 6.17. The second kappa shape index (κ2) is 3.97. The van der Waals surface area contributed by atoms with E-state index in [0.717, 1.165) is 17.3 Å². The molecule has 0 saturated carbocycles. The quantitative estimate of drug-likeness (QED) is 0.895. The van der Waals surface area contributed by atoms with E-state index in [-0.39, 0.29) is 11.8 Å². The third kappa shape index (κ3) is 1.93. The first-order valence-electron chi connectivity index (χ1n) is 5.10. The lowest BCUT2D eigenvalue weighted by Gasteiger charge is -2.16. The Labute approximate surface area is 97.4 Å². The van der Waals surface area contributed by atoms with Crippen LogP contribution in [0.1, 0.15) is 30.4 Å². The van der Waals surface area contributed by atoms with Gasteiger partial charge < -0.3 is 5.11 Å².